The molecule has 2 aromatic heterocycles. The lowest BCUT2D eigenvalue weighted by Crippen LogP contribution is -2.60. The van der Waals surface area contributed by atoms with Gasteiger partial charge in [0.25, 0.3) is 0 Å². The van der Waals surface area contributed by atoms with Gasteiger partial charge >= 0.3 is 6.85 Å². The molecule has 0 radical (unpaired) electrons. The van der Waals surface area contributed by atoms with E-state index in [1.807, 2.05) is 0 Å². The number of hydrogen-bond donors (Lipinski definition) is 0. The Morgan fingerprint density at radius 2 is 1.15 bits per heavy atom. The molecule has 0 fully saturated rings. The van der Waals surface area contributed by atoms with Gasteiger partial charge in [0.2, 0.25) is 0 Å². The lowest BCUT2D eigenvalue weighted by Gasteiger charge is -2.42. The Bertz CT molecular complexity index is 3680. The van der Waals surface area contributed by atoms with Crippen LogP contribution in [0, 0.1) is 0 Å². The summed E-state index contributed by atoms with van der Waals surface area (Å²) >= 11 is 0. The number of furan rings is 1. The molecule has 3 nitrogen and oxygen atoms in total. The van der Waals surface area contributed by atoms with Crippen molar-refractivity contribution in [2.75, 3.05) is 4.81 Å². The van der Waals surface area contributed by atoms with E-state index in [2.05, 4.69) is 203 Å². The largest absolute Gasteiger partial charge is 0.456 e. The van der Waals surface area contributed by atoms with E-state index in [4.69, 9.17) is 4.42 Å². The Balaban J connectivity index is 1.16. The minimum atomic E-state index is -0.147. The van der Waals surface area contributed by atoms with E-state index in [1.165, 1.54) is 111 Å². The van der Waals surface area contributed by atoms with Gasteiger partial charge in [0.05, 0.1) is 11.0 Å². The predicted molar refractivity (Wildman–Crippen MR) is 261 cm³/mol. The van der Waals surface area contributed by atoms with Crippen LogP contribution in [0.15, 0.2) is 150 Å². The number of fused-ring (bicyclic) bond motifs is 17. The van der Waals surface area contributed by atoms with Gasteiger partial charge < -0.3 is 13.8 Å². The summed E-state index contributed by atoms with van der Waals surface area (Å²) in [5.41, 5.74) is 25.4. The fraction of sp³-hybridized carbons (Fsp3) is 0.172. The first kappa shape index (κ1) is 34.9. The van der Waals surface area contributed by atoms with E-state index in [9.17, 15) is 0 Å². The number of nitrogens with zero attached hydrogens (tertiary/aromatic N) is 2. The van der Waals surface area contributed by atoms with Gasteiger partial charge in [-0.2, -0.15) is 0 Å². The highest BCUT2D eigenvalue weighted by Gasteiger charge is 2.47. The second kappa shape index (κ2) is 11.2. The minimum absolute atomic E-state index is 0.0352. The molecule has 2 aliphatic heterocycles. The summed E-state index contributed by atoms with van der Waals surface area (Å²) in [6.45, 7) is 16.4. The minimum Gasteiger partial charge on any atom is -0.456 e. The highest BCUT2D eigenvalue weighted by Crippen LogP contribution is 2.54. The Morgan fingerprint density at radius 3 is 1.87 bits per heavy atom. The van der Waals surface area contributed by atoms with Crippen molar-refractivity contribution in [3.05, 3.63) is 173 Å². The summed E-state index contributed by atoms with van der Waals surface area (Å²) in [4.78, 5) is 2.67. The van der Waals surface area contributed by atoms with Crippen molar-refractivity contribution in [3.63, 3.8) is 0 Å². The van der Waals surface area contributed by atoms with E-state index in [0.717, 1.165) is 21.9 Å². The third-order valence-electron chi connectivity index (χ3n) is 15.5. The van der Waals surface area contributed by atoms with E-state index >= 15 is 0 Å². The molecule has 0 amide bonds. The molecule has 14 rings (SSSR count). The second-order valence-corrected chi connectivity index (χ2v) is 20.5. The van der Waals surface area contributed by atoms with Gasteiger partial charge in [-0.05, 0) is 121 Å². The number of para-hydroxylation sites is 1. The Hall–Kier alpha value is -6.78. The number of rotatable bonds is 1. The monoisotopic (exact) mass is 796 g/mol. The number of benzene rings is 8. The fourth-order valence-electron chi connectivity index (χ4n) is 12.4. The second-order valence-electron chi connectivity index (χ2n) is 20.5. The summed E-state index contributed by atoms with van der Waals surface area (Å²) in [5, 5.41) is 4.90. The van der Waals surface area contributed by atoms with E-state index in [-0.39, 0.29) is 23.1 Å². The van der Waals surface area contributed by atoms with Crippen molar-refractivity contribution < 1.29 is 4.42 Å². The van der Waals surface area contributed by atoms with Crippen molar-refractivity contribution in [3.8, 4) is 39.1 Å². The average molecular weight is 797 g/mol. The van der Waals surface area contributed by atoms with Crippen LogP contribution >= 0.6 is 0 Å². The molecule has 4 aliphatic rings. The lowest BCUT2D eigenvalue weighted by molar-refractivity contribution is 0.590. The SMILES string of the molecule is CC(C)(C)c1ccc(N2B3c4cc5c(cc4-n4c6cc7c(cc6c6ccc(c3c64)-c3cc4oc6ccccc6c4cc32)-c2ccccc2C7(C)C)C(C)(C)c2ccccc2-5)cc1. The zero-order valence-corrected chi connectivity index (χ0v) is 36.2. The van der Waals surface area contributed by atoms with Gasteiger partial charge in [0.1, 0.15) is 11.2 Å². The molecule has 4 heterocycles. The first-order valence-electron chi connectivity index (χ1n) is 22.3. The van der Waals surface area contributed by atoms with Crippen LogP contribution in [0.5, 0.6) is 0 Å². The van der Waals surface area contributed by atoms with Crippen LogP contribution in [0.4, 0.5) is 11.4 Å². The van der Waals surface area contributed by atoms with Gasteiger partial charge in [-0.25, -0.2) is 0 Å². The molecular weight excluding hydrogens is 751 g/mol. The Kier molecular flexibility index (Phi) is 6.29. The summed E-state index contributed by atoms with van der Waals surface area (Å²) < 4.78 is 9.32. The summed E-state index contributed by atoms with van der Waals surface area (Å²) in [6, 6.07) is 55.9. The molecule has 62 heavy (non-hydrogen) atoms. The zero-order chi connectivity index (χ0) is 41.8. The van der Waals surface area contributed by atoms with Crippen LogP contribution in [0.2, 0.25) is 0 Å². The number of aromatic nitrogens is 1. The van der Waals surface area contributed by atoms with Crippen molar-refractivity contribution in [2.45, 2.75) is 64.7 Å². The van der Waals surface area contributed by atoms with Crippen LogP contribution in [-0.2, 0) is 16.2 Å². The normalized spacial score (nSPS) is 15.9. The Morgan fingerprint density at radius 1 is 0.484 bits per heavy atom. The third-order valence-corrected chi connectivity index (χ3v) is 15.5. The van der Waals surface area contributed by atoms with Crippen molar-refractivity contribution in [1.29, 1.82) is 0 Å². The van der Waals surface area contributed by atoms with Crippen molar-refractivity contribution in [2.24, 2.45) is 0 Å². The summed E-state index contributed by atoms with van der Waals surface area (Å²) in [7, 11) is 0. The summed E-state index contributed by atoms with van der Waals surface area (Å²) in [6.07, 6.45) is 0. The summed E-state index contributed by atoms with van der Waals surface area (Å²) in [5.74, 6) is 0. The fourth-order valence-corrected chi connectivity index (χ4v) is 12.4. The van der Waals surface area contributed by atoms with Crippen LogP contribution in [0.25, 0.3) is 82.8 Å². The quantitative estimate of drug-likeness (QED) is 0.154. The topological polar surface area (TPSA) is 21.3 Å². The molecule has 296 valence electrons. The van der Waals surface area contributed by atoms with E-state index < -0.39 is 0 Å². The molecule has 0 spiro atoms. The van der Waals surface area contributed by atoms with Gasteiger partial charge in [-0.3, -0.25) is 0 Å². The van der Waals surface area contributed by atoms with Crippen molar-refractivity contribution >= 4 is 72.9 Å². The molecule has 4 heteroatoms. The maximum atomic E-state index is 6.66. The molecule has 0 unspecified atom stereocenters. The van der Waals surface area contributed by atoms with Gasteiger partial charge in [-0.15, -0.1) is 0 Å². The highest BCUT2D eigenvalue weighted by atomic mass is 16.3. The molecular formula is C58H45BN2O. The van der Waals surface area contributed by atoms with Crippen LogP contribution in [0.3, 0.4) is 0 Å². The molecule has 0 saturated carbocycles. The van der Waals surface area contributed by atoms with E-state index in [1.54, 1.807) is 0 Å². The third kappa shape index (κ3) is 4.14. The smallest absolute Gasteiger partial charge is 0.333 e. The first-order chi connectivity index (χ1) is 29.9. The van der Waals surface area contributed by atoms with Crippen molar-refractivity contribution in [1.82, 2.24) is 4.57 Å². The van der Waals surface area contributed by atoms with E-state index in [0.29, 0.717) is 0 Å². The molecule has 2 aliphatic carbocycles. The lowest BCUT2D eigenvalue weighted by atomic mass is 9.43. The van der Waals surface area contributed by atoms with Crippen LogP contribution < -0.4 is 15.7 Å². The van der Waals surface area contributed by atoms with Crippen LogP contribution in [-0.4, -0.2) is 11.4 Å². The number of hydrogen-bond acceptors (Lipinski definition) is 2. The molecule has 0 bridgehead atoms. The standard InChI is InChI=1S/C58H45BN2O/c1-56(2,3)32-20-22-33(23-21-32)61-50-28-43-36-16-10-13-19-52(36)62-53(43)29-42(50)37-24-25-38-41-26-39-34-14-8-11-17-44(34)57(4,5)46(39)30-49(41)60-51-31-47-40(27-48(51)59(61)54(37)55(38)60)35-15-9-12-18-45(35)58(47,6)7/h8-31H,1-7H3. The first-order valence-corrected chi connectivity index (χ1v) is 22.3. The van der Waals surface area contributed by atoms with Gasteiger partial charge in [0.15, 0.2) is 0 Å². The molecule has 8 aromatic carbocycles. The molecule has 0 atom stereocenters. The maximum Gasteiger partial charge on any atom is 0.333 e. The molecule has 0 N–H and O–H groups in total. The molecule has 0 saturated heterocycles. The van der Waals surface area contributed by atoms with Gasteiger partial charge in [-0.1, -0.05) is 146 Å². The highest BCUT2D eigenvalue weighted by molar-refractivity contribution is 6.93. The van der Waals surface area contributed by atoms with Crippen LogP contribution in [0.1, 0.15) is 76.3 Å². The zero-order valence-electron chi connectivity index (χ0n) is 36.2. The Labute approximate surface area is 362 Å². The van der Waals surface area contributed by atoms with Gasteiger partial charge in [0, 0.05) is 55.0 Å². The average Bonchev–Trinajstić information content (AvgIpc) is 3.94. The molecule has 10 aromatic rings. The number of anilines is 2. The maximum absolute atomic E-state index is 6.66. The predicted octanol–water partition coefficient (Wildman–Crippen LogP) is 13.8.